The van der Waals surface area contributed by atoms with Gasteiger partial charge in [0.15, 0.2) is 0 Å². The van der Waals surface area contributed by atoms with E-state index in [0.717, 1.165) is 22.3 Å². The number of rotatable bonds is 7. The molecular formula is C20H22N2O2. The number of aliphatic hydroxyl groups excluding tert-OH is 1. The van der Waals surface area contributed by atoms with Crippen molar-refractivity contribution in [1.29, 1.82) is 0 Å². The molecule has 4 nitrogen and oxygen atoms in total. The Morgan fingerprint density at radius 3 is 2.58 bits per heavy atom. The Morgan fingerprint density at radius 1 is 1.21 bits per heavy atom. The molecule has 0 bridgehead atoms. The maximum absolute atomic E-state index is 12.2. The van der Waals surface area contributed by atoms with E-state index in [4.69, 9.17) is 5.11 Å². The molecule has 2 aromatic rings. The van der Waals surface area contributed by atoms with Crippen LogP contribution in [-0.4, -0.2) is 22.5 Å². The monoisotopic (exact) mass is 322 g/mol. The maximum atomic E-state index is 12.2. The number of amides is 1. The Morgan fingerprint density at radius 2 is 1.92 bits per heavy atom. The third kappa shape index (κ3) is 5.18. The van der Waals surface area contributed by atoms with Crippen LogP contribution in [-0.2, 0) is 13.0 Å². The molecule has 0 aliphatic carbocycles. The van der Waals surface area contributed by atoms with Gasteiger partial charge in [-0.25, -0.2) is 0 Å². The molecule has 2 N–H and O–H groups in total. The zero-order chi connectivity index (χ0) is 17.4. The summed E-state index contributed by atoms with van der Waals surface area (Å²) in [6, 6.07) is 9.60. The number of hydrogen-bond donors (Lipinski definition) is 2. The summed E-state index contributed by atoms with van der Waals surface area (Å²) in [7, 11) is 0. The van der Waals surface area contributed by atoms with Crippen LogP contribution in [0.25, 0.3) is 0 Å². The van der Waals surface area contributed by atoms with Gasteiger partial charge >= 0.3 is 0 Å². The predicted octanol–water partition coefficient (Wildman–Crippen LogP) is 3.03. The minimum Gasteiger partial charge on any atom is -0.392 e. The highest BCUT2D eigenvalue weighted by Gasteiger charge is 2.07. The summed E-state index contributed by atoms with van der Waals surface area (Å²) in [4.78, 5) is 16.4. The Kier molecular flexibility index (Phi) is 6.46. The summed E-state index contributed by atoms with van der Waals surface area (Å²) in [6.07, 6.45) is 7.59. The van der Waals surface area contributed by atoms with Crippen molar-refractivity contribution in [3.8, 4) is 0 Å². The van der Waals surface area contributed by atoms with Crippen LogP contribution in [0.4, 0.5) is 0 Å². The van der Waals surface area contributed by atoms with E-state index in [-0.39, 0.29) is 12.5 Å². The number of allylic oxidation sites excluding steroid dienone is 2. The fraction of sp³-hybridized carbons (Fsp3) is 0.200. The molecule has 0 fully saturated rings. The Balaban J connectivity index is 2.03. The summed E-state index contributed by atoms with van der Waals surface area (Å²) in [5.74, 6) is -0.142. The van der Waals surface area contributed by atoms with Crippen LogP contribution in [0, 0.1) is 0 Å². The number of benzene rings is 1. The van der Waals surface area contributed by atoms with E-state index in [1.807, 2.05) is 43.3 Å². The van der Waals surface area contributed by atoms with Crippen LogP contribution < -0.4 is 5.32 Å². The van der Waals surface area contributed by atoms with Gasteiger partial charge in [-0.3, -0.25) is 9.78 Å². The van der Waals surface area contributed by atoms with Crippen molar-refractivity contribution in [1.82, 2.24) is 10.3 Å². The van der Waals surface area contributed by atoms with Crippen molar-refractivity contribution in [2.75, 3.05) is 6.54 Å². The Hall–Kier alpha value is -2.72. The Bertz CT molecular complexity index is 734. The van der Waals surface area contributed by atoms with Gasteiger partial charge < -0.3 is 10.4 Å². The lowest BCUT2D eigenvalue weighted by Gasteiger charge is -2.07. The smallest absolute Gasteiger partial charge is 0.253 e. The fourth-order valence-corrected chi connectivity index (χ4v) is 2.29. The molecule has 0 saturated carbocycles. The van der Waals surface area contributed by atoms with E-state index in [9.17, 15) is 4.79 Å². The standard InChI is InChI=1S/C20H22N2O2/c1-3-4-15(2)11-22-20(24)19-10-18(12-21-13-19)9-16-5-7-17(14-23)8-6-16/h3-8,10,12-13,23H,1,9,11,14H2,2H3,(H,22,24)/b15-4+. The molecule has 1 amide bonds. The first-order valence-electron chi connectivity index (χ1n) is 7.81. The number of hydrogen-bond acceptors (Lipinski definition) is 3. The first kappa shape index (κ1) is 17.6. The average molecular weight is 322 g/mol. The lowest BCUT2D eigenvalue weighted by Crippen LogP contribution is -2.25. The molecule has 24 heavy (non-hydrogen) atoms. The Labute approximate surface area is 142 Å². The van der Waals surface area contributed by atoms with E-state index in [1.54, 1.807) is 18.5 Å². The van der Waals surface area contributed by atoms with Crippen LogP contribution in [0.2, 0.25) is 0 Å². The highest BCUT2D eigenvalue weighted by Crippen LogP contribution is 2.12. The largest absolute Gasteiger partial charge is 0.392 e. The topological polar surface area (TPSA) is 62.2 Å². The van der Waals surface area contributed by atoms with Crippen LogP contribution in [0.3, 0.4) is 0 Å². The second-order valence-corrected chi connectivity index (χ2v) is 5.66. The van der Waals surface area contributed by atoms with Crippen LogP contribution in [0.15, 0.2) is 67.0 Å². The van der Waals surface area contributed by atoms with Gasteiger partial charge in [0.25, 0.3) is 5.91 Å². The molecule has 0 unspecified atom stereocenters. The normalized spacial score (nSPS) is 11.2. The van der Waals surface area contributed by atoms with Crippen LogP contribution in [0.1, 0.15) is 34.0 Å². The number of pyridine rings is 1. The molecule has 0 atom stereocenters. The van der Waals surface area contributed by atoms with Gasteiger partial charge in [-0.15, -0.1) is 0 Å². The second-order valence-electron chi connectivity index (χ2n) is 5.66. The second kappa shape index (κ2) is 8.79. The average Bonchev–Trinajstić information content (AvgIpc) is 2.61. The number of nitrogens with zero attached hydrogens (tertiary/aromatic N) is 1. The van der Waals surface area contributed by atoms with Crippen molar-refractivity contribution in [2.45, 2.75) is 20.0 Å². The molecule has 2 rings (SSSR count). The van der Waals surface area contributed by atoms with Crippen molar-refractivity contribution in [2.24, 2.45) is 0 Å². The number of nitrogens with one attached hydrogen (secondary N) is 1. The molecule has 0 aliphatic heterocycles. The van der Waals surface area contributed by atoms with Gasteiger partial charge in [0.1, 0.15) is 0 Å². The molecule has 0 radical (unpaired) electrons. The summed E-state index contributed by atoms with van der Waals surface area (Å²) in [5, 5.41) is 11.9. The summed E-state index contributed by atoms with van der Waals surface area (Å²) in [6.45, 7) is 6.10. The molecule has 1 aromatic heterocycles. The van der Waals surface area contributed by atoms with E-state index < -0.39 is 0 Å². The maximum Gasteiger partial charge on any atom is 0.253 e. The van der Waals surface area contributed by atoms with E-state index in [1.165, 1.54) is 0 Å². The minimum atomic E-state index is -0.142. The van der Waals surface area contributed by atoms with E-state index >= 15 is 0 Å². The van der Waals surface area contributed by atoms with Crippen molar-refractivity contribution < 1.29 is 9.90 Å². The molecule has 4 heteroatoms. The quantitative estimate of drug-likeness (QED) is 0.770. The van der Waals surface area contributed by atoms with Crippen molar-refractivity contribution in [3.05, 3.63) is 89.3 Å². The first-order chi connectivity index (χ1) is 11.6. The number of carbonyl (C=O) groups excluding carboxylic acids is 1. The lowest BCUT2D eigenvalue weighted by molar-refractivity contribution is 0.0956. The molecule has 1 aromatic carbocycles. The number of aromatic nitrogens is 1. The summed E-state index contributed by atoms with van der Waals surface area (Å²) in [5.41, 5.74) is 4.54. The molecular weight excluding hydrogens is 300 g/mol. The zero-order valence-corrected chi connectivity index (χ0v) is 13.8. The van der Waals surface area contributed by atoms with Gasteiger partial charge in [0.05, 0.1) is 12.2 Å². The predicted molar refractivity (Wildman–Crippen MR) is 95.7 cm³/mol. The van der Waals surface area contributed by atoms with Crippen LogP contribution >= 0.6 is 0 Å². The van der Waals surface area contributed by atoms with Crippen molar-refractivity contribution in [3.63, 3.8) is 0 Å². The third-order valence-corrected chi connectivity index (χ3v) is 3.60. The third-order valence-electron chi connectivity index (χ3n) is 3.60. The van der Waals surface area contributed by atoms with Gasteiger partial charge in [-0.1, -0.05) is 48.6 Å². The number of aliphatic hydroxyl groups is 1. The van der Waals surface area contributed by atoms with Gasteiger partial charge in [-0.2, -0.15) is 0 Å². The molecule has 1 heterocycles. The summed E-state index contributed by atoms with van der Waals surface area (Å²) >= 11 is 0. The van der Waals surface area contributed by atoms with Gasteiger partial charge in [0, 0.05) is 18.9 Å². The summed E-state index contributed by atoms with van der Waals surface area (Å²) < 4.78 is 0. The zero-order valence-electron chi connectivity index (χ0n) is 13.8. The molecule has 124 valence electrons. The molecule has 0 spiro atoms. The molecule has 0 aliphatic rings. The first-order valence-corrected chi connectivity index (χ1v) is 7.81. The van der Waals surface area contributed by atoms with Crippen molar-refractivity contribution >= 4 is 5.91 Å². The van der Waals surface area contributed by atoms with Gasteiger partial charge in [-0.05, 0) is 36.1 Å². The highest BCUT2D eigenvalue weighted by molar-refractivity contribution is 5.94. The number of carbonyl (C=O) groups is 1. The SMILES string of the molecule is C=C/C=C(\C)CNC(=O)c1cncc(Cc2ccc(CO)cc2)c1. The minimum absolute atomic E-state index is 0.0389. The van der Waals surface area contributed by atoms with E-state index in [0.29, 0.717) is 18.5 Å². The van der Waals surface area contributed by atoms with Crippen LogP contribution in [0.5, 0.6) is 0 Å². The molecule has 0 saturated heterocycles. The highest BCUT2D eigenvalue weighted by atomic mass is 16.3. The lowest BCUT2D eigenvalue weighted by atomic mass is 10.0. The van der Waals surface area contributed by atoms with E-state index in [2.05, 4.69) is 16.9 Å². The fourth-order valence-electron chi connectivity index (χ4n) is 2.29. The van der Waals surface area contributed by atoms with Gasteiger partial charge in [0.2, 0.25) is 0 Å².